The van der Waals surface area contributed by atoms with Crippen LogP contribution in [-0.4, -0.2) is 24.7 Å². The van der Waals surface area contributed by atoms with Crippen LogP contribution in [0.4, 0.5) is 5.69 Å². The summed E-state index contributed by atoms with van der Waals surface area (Å²) in [7, 11) is 1.68. The van der Waals surface area contributed by atoms with Gasteiger partial charge in [0.2, 0.25) is 0 Å². The number of nitrogens with two attached hydrogens (primary N) is 1. The first kappa shape index (κ1) is 15.3. The van der Waals surface area contributed by atoms with Gasteiger partial charge in [-0.25, -0.2) is 0 Å². The molecule has 0 atom stereocenters. The number of rotatable bonds is 7. The minimum atomic E-state index is -0.327. The second-order valence-electron chi connectivity index (χ2n) is 5.18. The highest BCUT2D eigenvalue weighted by Crippen LogP contribution is 2.21. The number of nitrogens with one attached hydrogen (secondary N) is 1. The molecule has 0 bridgehead atoms. The molecule has 1 aromatic rings. The number of nitrogens with zero attached hydrogens (tertiary/aromatic N) is 1. The predicted molar refractivity (Wildman–Crippen MR) is 77.5 cm³/mol. The van der Waals surface area contributed by atoms with Crippen LogP contribution in [0, 0.1) is 5.41 Å². The van der Waals surface area contributed by atoms with E-state index in [-0.39, 0.29) is 11.3 Å². The van der Waals surface area contributed by atoms with Gasteiger partial charge in [-0.05, 0) is 24.1 Å². The molecule has 19 heavy (non-hydrogen) atoms. The van der Waals surface area contributed by atoms with Crippen LogP contribution >= 0.6 is 0 Å². The molecule has 0 spiro atoms. The molecule has 106 valence electrons. The standard InChI is InChI=1S/C14H23N3O2/c1-14(2,13(15)17-18)7-8-16-12-6-4-5-11(9-12)10-19-3/h4-6,9,16,18H,7-8,10H2,1-3H3,(H2,15,17). The summed E-state index contributed by atoms with van der Waals surface area (Å²) in [5.74, 6) is 0.252. The molecule has 0 aliphatic rings. The van der Waals surface area contributed by atoms with Crippen molar-refractivity contribution in [1.82, 2.24) is 0 Å². The van der Waals surface area contributed by atoms with E-state index >= 15 is 0 Å². The summed E-state index contributed by atoms with van der Waals surface area (Å²) in [6.07, 6.45) is 0.775. The molecule has 0 heterocycles. The van der Waals surface area contributed by atoms with Crippen molar-refractivity contribution in [2.24, 2.45) is 16.3 Å². The van der Waals surface area contributed by atoms with E-state index in [0.717, 1.165) is 24.2 Å². The zero-order chi connectivity index (χ0) is 14.3. The third-order valence-corrected chi connectivity index (χ3v) is 3.12. The fourth-order valence-corrected chi connectivity index (χ4v) is 1.72. The Kier molecular flexibility index (Phi) is 5.63. The normalized spacial score (nSPS) is 12.5. The Bertz CT molecular complexity index is 430. The van der Waals surface area contributed by atoms with Crippen molar-refractivity contribution in [3.63, 3.8) is 0 Å². The van der Waals surface area contributed by atoms with E-state index in [2.05, 4.69) is 16.5 Å². The smallest absolute Gasteiger partial charge is 0.144 e. The van der Waals surface area contributed by atoms with E-state index in [1.54, 1.807) is 7.11 Å². The monoisotopic (exact) mass is 265 g/mol. The third-order valence-electron chi connectivity index (χ3n) is 3.12. The summed E-state index contributed by atoms with van der Waals surface area (Å²) in [5, 5.41) is 15.1. The SMILES string of the molecule is COCc1cccc(NCCC(C)(C)C(N)=NO)c1. The van der Waals surface area contributed by atoms with Crippen molar-refractivity contribution in [3.8, 4) is 0 Å². The number of hydrogen-bond acceptors (Lipinski definition) is 4. The Morgan fingerprint density at radius 1 is 1.47 bits per heavy atom. The van der Waals surface area contributed by atoms with Gasteiger partial charge in [-0.15, -0.1) is 0 Å². The summed E-state index contributed by atoms with van der Waals surface area (Å²) in [6, 6.07) is 8.08. The summed E-state index contributed by atoms with van der Waals surface area (Å²) in [5.41, 5.74) is 7.50. The Balaban J connectivity index is 2.51. The van der Waals surface area contributed by atoms with Gasteiger partial charge >= 0.3 is 0 Å². The lowest BCUT2D eigenvalue weighted by Crippen LogP contribution is -2.33. The van der Waals surface area contributed by atoms with Crippen LogP contribution in [0.3, 0.4) is 0 Å². The second-order valence-corrected chi connectivity index (χ2v) is 5.18. The molecule has 0 saturated carbocycles. The van der Waals surface area contributed by atoms with Crippen LogP contribution in [-0.2, 0) is 11.3 Å². The second kappa shape index (κ2) is 6.99. The molecule has 1 rings (SSSR count). The summed E-state index contributed by atoms with van der Waals surface area (Å²) in [6.45, 7) is 5.25. The van der Waals surface area contributed by atoms with Crippen molar-refractivity contribution in [2.45, 2.75) is 26.9 Å². The van der Waals surface area contributed by atoms with Gasteiger partial charge in [-0.2, -0.15) is 0 Å². The third kappa shape index (κ3) is 4.79. The predicted octanol–water partition coefficient (Wildman–Crippen LogP) is 2.41. The summed E-state index contributed by atoms with van der Waals surface area (Å²) in [4.78, 5) is 0. The highest BCUT2D eigenvalue weighted by atomic mass is 16.5. The van der Waals surface area contributed by atoms with E-state index in [0.29, 0.717) is 6.61 Å². The zero-order valence-electron chi connectivity index (χ0n) is 11.8. The van der Waals surface area contributed by atoms with Crippen molar-refractivity contribution in [2.75, 3.05) is 19.0 Å². The highest BCUT2D eigenvalue weighted by molar-refractivity contribution is 5.85. The molecule has 5 nitrogen and oxygen atoms in total. The molecule has 0 saturated heterocycles. The van der Waals surface area contributed by atoms with Crippen LogP contribution in [0.5, 0.6) is 0 Å². The van der Waals surface area contributed by atoms with E-state index in [1.165, 1.54) is 0 Å². The van der Waals surface area contributed by atoms with Crippen LogP contribution < -0.4 is 11.1 Å². The van der Waals surface area contributed by atoms with Crippen molar-refractivity contribution >= 4 is 11.5 Å². The number of amidine groups is 1. The molecular weight excluding hydrogens is 242 g/mol. The minimum absolute atomic E-state index is 0.252. The van der Waals surface area contributed by atoms with Gasteiger partial charge in [0, 0.05) is 24.8 Å². The molecule has 1 aromatic carbocycles. The molecule has 5 heteroatoms. The van der Waals surface area contributed by atoms with E-state index < -0.39 is 0 Å². The Morgan fingerprint density at radius 2 is 2.21 bits per heavy atom. The highest BCUT2D eigenvalue weighted by Gasteiger charge is 2.22. The number of hydrogen-bond donors (Lipinski definition) is 3. The maximum atomic E-state index is 8.71. The first-order chi connectivity index (χ1) is 8.99. The molecule has 0 aromatic heterocycles. The lowest BCUT2D eigenvalue weighted by molar-refractivity contribution is 0.185. The molecule has 0 aliphatic heterocycles. The molecule has 0 unspecified atom stereocenters. The molecule has 4 N–H and O–H groups in total. The Morgan fingerprint density at radius 3 is 2.84 bits per heavy atom. The van der Waals surface area contributed by atoms with E-state index in [4.69, 9.17) is 15.7 Å². The van der Waals surface area contributed by atoms with Crippen LogP contribution in [0.25, 0.3) is 0 Å². The first-order valence-electron chi connectivity index (χ1n) is 6.29. The average molecular weight is 265 g/mol. The number of anilines is 1. The van der Waals surface area contributed by atoms with Gasteiger partial charge in [0.05, 0.1) is 6.61 Å². The summed E-state index contributed by atoms with van der Waals surface area (Å²) >= 11 is 0. The maximum absolute atomic E-state index is 8.71. The fraction of sp³-hybridized carbons (Fsp3) is 0.500. The van der Waals surface area contributed by atoms with Crippen LogP contribution in [0.1, 0.15) is 25.8 Å². The minimum Gasteiger partial charge on any atom is -0.409 e. The molecular formula is C14H23N3O2. The van der Waals surface area contributed by atoms with Crippen LogP contribution in [0.2, 0.25) is 0 Å². The molecule has 0 amide bonds. The van der Waals surface area contributed by atoms with Crippen LogP contribution in [0.15, 0.2) is 29.4 Å². The van der Waals surface area contributed by atoms with Gasteiger partial charge in [-0.1, -0.05) is 31.1 Å². The van der Waals surface area contributed by atoms with Crippen molar-refractivity contribution < 1.29 is 9.94 Å². The molecule has 0 aliphatic carbocycles. The quantitative estimate of drug-likeness (QED) is 0.306. The average Bonchev–Trinajstić information content (AvgIpc) is 2.38. The zero-order valence-corrected chi connectivity index (χ0v) is 11.8. The summed E-state index contributed by atoms with van der Waals surface area (Å²) < 4.78 is 5.10. The largest absolute Gasteiger partial charge is 0.409 e. The van der Waals surface area contributed by atoms with E-state index in [9.17, 15) is 0 Å². The molecule has 0 fully saturated rings. The van der Waals surface area contributed by atoms with Crippen molar-refractivity contribution in [1.29, 1.82) is 0 Å². The number of oxime groups is 1. The molecule has 0 radical (unpaired) electrons. The van der Waals surface area contributed by atoms with Gasteiger partial charge in [0.25, 0.3) is 0 Å². The maximum Gasteiger partial charge on any atom is 0.144 e. The van der Waals surface area contributed by atoms with Gasteiger partial charge in [0.15, 0.2) is 0 Å². The van der Waals surface area contributed by atoms with Gasteiger partial charge in [0.1, 0.15) is 5.84 Å². The van der Waals surface area contributed by atoms with Crippen molar-refractivity contribution in [3.05, 3.63) is 29.8 Å². The van der Waals surface area contributed by atoms with Gasteiger partial charge < -0.3 is 21.0 Å². The lowest BCUT2D eigenvalue weighted by Gasteiger charge is -2.23. The topological polar surface area (TPSA) is 79.9 Å². The lowest BCUT2D eigenvalue weighted by atomic mass is 9.88. The first-order valence-corrected chi connectivity index (χ1v) is 6.29. The van der Waals surface area contributed by atoms with E-state index in [1.807, 2.05) is 32.0 Å². The van der Waals surface area contributed by atoms with Gasteiger partial charge in [-0.3, -0.25) is 0 Å². The Hall–Kier alpha value is -1.75. The fourth-order valence-electron chi connectivity index (χ4n) is 1.72. The number of methoxy groups -OCH3 is 1. The number of ether oxygens (including phenoxy) is 1. The number of benzene rings is 1. The Labute approximate surface area is 114 Å².